The molecule has 0 atom stereocenters. The summed E-state index contributed by atoms with van der Waals surface area (Å²) in [7, 11) is 2.37. The molecule has 0 fully saturated rings. The van der Waals surface area contributed by atoms with Crippen molar-refractivity contribution in [1.82, 2.24) is 0 Å². The minimum atomic E-state index is -0.730. The van der Waals surface area contributed by atoms with Crippen molar-refractivity contribution in [2.24, 2.45) is 0 Å². The van der Waals surface area contributed by atoms with Crippen LogP contribution in [-0.4, -0.2) is 51.2 Å². The van der Waals surface area contributed by atoms with E-state index in [2.05, 4.69) is 14.8 Å². The number of methoxy groups -OCH3 is 2. The molecular weight excluding hydrogens is 394 g/mol. The fraction of sp³-hybridized carbons (Fsp3) is 0.238. The van der Waals surface area contributed by atoms with Crippen molar-refractivity contribution in [3.05, 3.63) is 59.2 Å². The molecule has 0 saturated heterocycles. The smallest absolute Gasteiger partial charge is 0.344 e. The third kappa shape index (κ3) is 6.33. The number of carbonyl (C=O) groups is 4. The lowest BCUT2D eigenvalue weighted by Crippen LogP contribution is -2.24. The SMILES string of the molecule is COC(=O)c1cc(NC(=O)COC(=O)COc2ccccc2C)cc(C(=O)OC)c1. The standard InChI is InChI=1S/C21H21NO8/c1-13-6-4-5-7-17(13)29-12-19(24)30-11-18(23)22-16-9-14(20(25)27-2)8-15(10-16)21(26)28-3/h4-10H,11-12H2,1-3H3,(H,22,23). The number of ether oxygens (including phenoxy) is 4. The average molecular weight is 415 g/mol. The van der Waals surface area contributed by atoms with E-state index in [1.165, 1.54) is 32.4 Å². The highest BCUT2D eigenvalue weighted by Crippen LogP contribution is 2.18. The van der Waals surface area contributed by atoms with E-state index in [4.69, 9.17) is 9.47 Å². The van der Waals surface area contributed by atoms with Gasteiger partial charge in [0.2, 0.25) is 0 Å². The molecule has 1 N–H and O–H groups in total. The van der Waals surface area contributed by atoms with E-state index in [0.717, 1.165) is 5.56 Å². The van der Waals surface area contributed by atoms with Crippen LogP contribution >= 0.6 is 0 Å². The van der Waals surface area contributed by atoms with Gasteiger partial charge in [0.1, 0.15) is 5.75 Å². The maximum absolute atomic E-state index is 12.1. The van der Waals surface area contributed by atoms with Crippen molar-refractivity contribution < 1.29 is 38.1 Å². The van der Waals surface area contributed by atoms with Crippen molar-refractivity contribution in [1.29, 1.82) is 0 Å². The van der Waals surface area contributed by atoms with Gasteiger partial charge in [-0.05, 0) is 36.8 Å². The van der Waals surface area contributed by atoms with Crippen LogP contribution in [0.1, 0.15) is 26.3 Å². The van der Waals surface area contributed by atoms with Crippen molar-refractivity contribution in [2.75, 3.05) is 32.8 Å². The number of hydrogen-bond donors (Lipinski definition) is 1. The van der Waals surface area contributed by atoms with Crippen LogP contribution in [0.4, 0.5) is 5.69 Å². The van der Waals surface area contributed by atoms with Crippen molar-refractivity contribution >= 4 is 29.5 Å². The molecule has 158 valence electrons. The molecule has 0 bridgehead atoms. The Morgan fingerprint density at radius 3 is 2.03 bits per heavy atom. The van der Waals surface area contributed by atoms with E-state index in [-0.39, 0.29) is 23.4 Å². The van der Waals surface area contributed by atoms with Gasteiger partial charge in [-0.2, -0.15) is 0 Å². The lowest BCUT2D eigenvalue weighted by atomic mass is 10.1. The van der Waals surface area contributed by atoms with Gasteiger partial charge in [-0.1, -0.05) is 18.2 Å². The Balaban J connectivity index is 1.95. The quantitative estimate of drug-likeness (QED) is 0.515. The molecule has 0 aliphatic rings. The van der Waals surface area contributed by atoms with Crippen molar-refractivity contribution in [3.8, 4) is 5.75 Å². The Morgan fingerprint density at radius 1 is 0.867 bits per heavy atom. The Morgan fingerprint density at radius 2 is 1.47 bits per heavy atom. The molecule has 30 heavy (non-hydrogen) atoms. The molecule has 9 nitrogen and oxygen atoms in total. The van der Waals surface area contributed by atoms with Gasteiger partial charge in [-0.3, -0.25) is 4.79 Å². The zero-order valence-corrected chi connectivity index (χ0v) is 16.7. The van der Waals surface area contributed by atoms with Crippen molar-refractivity contribution in [3.63, 3.8) is 0 Å². The summed E-state index contributed by atoms with van der Waals surface area (Å²) in [4.78, 5) is 47.4. The summed E-state index contributed by atoms with van der Waals surface area (Å²) in [5, 5.41) is 2.45. The van der Waals surface area contributed by atoms with Gasteiger partial charge in [0.25, 0.3) is 5.91 Å². The highest BCUT2D eigenvalue weighted by atomic mass is 16.6. The van der Waals surface area contributed by atoms with E-state index in [0.29, 0.717) is 5.75 Å². The number of aryl methyl sites for hydroxylation is 1. The zero-order chi connectivity index (χ0) is 22.1. The van der Waals surface area contributed by atoms with Crippen LogP contribution in [0.25, 0.3) is 0 Å². The second-order valence-corrected chi connectivity index (χ2v) is 6.05. The van der Waals surface area contributed by atoms with Gasteiger partial charge in [-0.15, -0.1) is 0 Å². The average Bonchev–Trinajstić information content (AvgIpc) is 2.75. The van der Waals surface area contributed by atoms with Gasteiger partial charge in [0.15, 0.2) is 13.2 Å². The lowest BCUT2D eigenvalue weighted by molar-refractivity contribution is -0.149. The van der Waals surface area contributed by atoms with E-state index < -0.39 is 30.4 Å². The molecule has 2 aromatic rings. The summed E-state index contributed by atoms with van der Waals surface area (Å²) in [6.45, 7) is 0.896. The van der Waals surface area contributed by atoms with Gasteiger partial charge in [0, 0.05) is 5.69 Å². The summed E-state index contributed by atoms with van der Waals surface area (Å²) < 4.78 is 19.5. The molecule has 1 amide bonds. The Bertz CT molecular complexity index is 920. The molecule has 0 saturated carbocycles. The number of hydrogen-bond acceptors (Lipinski definition) is 8. The predicted molar refractivity (Wildman–Crippen MR) is 105 cm³/mol. The largest absolute Gasteiger partial charge is 0.482 e. The molecular formula is C21H21NO8. The first-order valence-corrected chi connectivity index (χ1v) is 8.79. The van der Waals surface area contributed by atoms with Crippen LogP contribution in [0, 0.1) is 6.92 Å². The number of nitrogens with one attached hydrogen (secondary N) is 1. The summed E-state index contributed by atoms with van der Waals surface area (Å²) in [5.41, 5.74) is 1.07. The predicted octanol–water partition coefficient (Wildman–Crippen LogP) is 2.13. The third-order valence-electron chi connectivity index (χ3n) is 3.86. The first kappa shape index (κ1) is 22.4. The van der Waals surface area contributed by atoms with Gasteiger partial charge >= 0.3 is 17.9 Å². The maximum Gasteiger partial charge on any atom is 0.344 e. The third-order valence-corrected chi connectivity index (χ3v) is 3.86. The number of esters is 3. The second kappa shape index (κ2) is 10.6. The molecule has 2 aromatic carbocycles. The summed E-state index contributed by atoms with van der Waals surface area (Å²) >= 11 is 0. The fourth-order valence-electron chi connectivity index (χ4n) is 2.41. The molecule has 0 radical (unpaired) electrons. The van der Waals surface area contributed by atoms with E-state index in [1.807, 2.05) is 19.1 Å². The normalized spacial score (nSPS) is 9.97. The maximum atomic E-state index is 12.1. The van der Waals surface area contributed by atoms with Crippen LogP contribution in [0.15, 0.2) is 42.5 Å². The first-order valence-electron chi connectivity index (χ1n) is 8.79. The number of benzene rings is 2. The zero-order valence-electron chi connectivity index (χ0n) is 16.7. The van der Waals surface area contributed by atoms with Gasteiger partial charge < -0.3 is 24.3 Å². The summed E-state index contributed by atoms with van der Waals surface area (Å²) in [6.07, 6.45) is 0. The monoisotopic (exact) mass is 415 g/mol. The Labute approximate surface area is 172 Å². The van der Waals surface area contributed by atoms with Crippen LogP contribution in [0.2, 0.25) is 0 Å². The van der Waals surface area contributed by atoms with Crippen molar-refractivity contribution in [2.45, 2.75) is 6.92 Å². The van der Waals surface area contributed by atoms with Crippen LogP contribution in [0.3, 0.4) is 0 Å². The van der Waals surface area contributed by atoms with Crippen LogP contribution in [0.5, 0.6) is 5.75 Å². The van der Waals surface area contributed by atoms with Crippen LogP contribution < -0.4 is 10.1 Å². The van der Waals surface area contributed by atoms with Crippen LogP contribution in [-0.2, 0) is 23.8 Å². The number of amides is 1. The first-order chi connectivity index (χ1) is 14.3. The van der Waals surface area contributed by atoms with E-state index >= 15 is 0 Å². The van der Waals surface area contributed by atoms with E-state index in [9.17, 15) is 19.2 Å². The highest BCUT2D eigenvalue weighted by Gasteiger charge is 2.16. The lowest BCUT2D eigenvalue weighted by Gasteiger charge is -2.11. The molecule has 0 aromatic heterocycles. The number of carbonyl (C=O) groups excluding carboxylic acids is 4. The Kier molecular flexibility index (Phi) is 7.92. The number of para-hydroxylation sites is 1. The Hall–Kier alpha value is -3.88. The molecule has 2 rings (SSSR count). The minimum absolute atomic E-state index is 0.0410. The molecule has 0 aliphatic heterocycles. The molecule has 0 aliphatic carbocycles. The van der Waals surface area contributed by atoms with E-state index in [1.54, 1.807) is 12.1 Å². The molecule has 0 unspecified atom stereocenters. The number of anilines is 1. The molecule has 0 heterocycles. The topological polar surface area (TPSA) is 117 Å². The fourth-order valence-corrected chi connectivity index (χ4v) is 2.41. The summed E-state index contributed by atoms with van der Waals surface area (Å²) in [6, 6.07) is 11.1. The van der Waals surface area contributed by atoms with Gasteiger partial charge in [-0.25, -0.2) is 14.4 Å². The van der Waals surface area contributed by atoms with Gasteiger partial charge in [0.05, 0.1) is 25.3 Å². The minimum Gasteiger partial charge on any atom is -0.482 e. The molecule has 9 heteroatoms. The molecule has 0 spiro atoms. The summed E-state index contributed by atoms with van der Waals surface area (Å²) in [5.74, 6) is -2.26. The second-order valence-electron chi connectivity index (χ2n) is 6.05. The highest BCUT2D eigenvalue weighted by molar-refractivity contribution is 6.00. The number of rotatable bonds is 8.